The molecule has 1 unspecified atom stereocenters. The van der Waals surface area contributed by atoms with Gasteiger partial charge in [0.1, 0.15) is 0 Å². The van der Waals surface area contributed by atoms with Crippen molar-refractivity contribution in [1.29, 1.82) is 0 Å². The maximum Gasteiger partial charge on any atom is 0.317 e. The molecule has 1 fully saturated rings. The molecule has 2 N–H and O–H groups in total. The normalized spacial score (nSPS) is 22.0. The van der Waals surface area contributed by atoms with E-state index in [1.807, 2.05) is 6.07 Å². The zero-order chi connectivity index (χ0) is 16.2. The second kappa shape index (κ2) is 7.17. The monoisotopic (exact) mass is 322 g/mol. The van der Waals surface area contributed by atoms with Gasteiger partial charge >= 0.3 is 6.03 Å². The number of carbonyl (C=O) groups excluding carboxylic acids is 1. The van der Waals surface area contributed by atoms with Crippen molar-refractivity contribution in [2.75, 3.05) is 26.3 Å². The number of nitrogens with one attached hydrogen (secondary N) is 1. The lowest BCUT2D eigenvalue weighted by molar-refractivity contribution is 0.135. The van der Waals surface area contributed by atoms with Gasteiger partial charge in [-0.25, -0.2) is 9.18 Å². The van der Waals surface area contributed by atoms with Crippen molar-refractivity contribution in [3.63, 3.8) is 0 Å². The van der Waals surface area contributed by atoms with E-state index in [0.29, 0.717) is 31.2 Å². The molecule has 3 rings (SSSR count). The van der Waals surface area contributed by atoms with E-state index in [1.54, 1.807) is 11.0 Å². The summed E-state index contributed by atoms with van der Waals surface area (Å²) in [5.74, 6) is 0.168. The second-order valence-electron chi connectivity index (χ2n) is 6.26. The van der Waals surface area contributed by atoms with Crippen LogP contribution < -0.4 is 10.1 Å². The van der Waals surface area contributed by atoms with Crippen LogP contribution in [0.3, 0.4) is 0 Å². The zero-order valence-corrected chi connectivity index (χ0v) is 13.1. The van der Waals surface area contributed by atoms with Gasteiger partial charge in [-0.2, -0.15) is 0 Å². The Hall–Kier alpha value is -1.82. The number of nitrogens with zero attached hydrogens (tertiary/aromatic N) is 1. The molecule has 0 aromatic heterocycles. The van der Waals surface area contributed by atoms with E-state index >= 15 is 0 Å². The molecular weight excluding hydrogens is 299 g/mol. The number of fused-ring (bicyclic) bond motifs is 1. The Balaban J connectivity index is 1.68. The Bertz CT molecular complexity index is 559. The average molecular weight is 322 g/mol. The molecule has 1 saturated heterocycles. The van der Waals surface area contributed by atoms with Crippen LogP contribution in [0.2, 0.25) is 0 Å². The SMILES string of the molecule is O=C(NC1CCCOc2c(F)cccc21)N1CCC(CO)CC1. The number of carbonyl (C=O) groups is 1. The third kappa shape index (κ3) is 3.58. The van der Waals surface area contributed by atoms with Gasteiger partial charge in [-0.1, -0.05) is 12.1 Å². The van der Waals surface area contributed by atoms with Crippen molar-refractivity contribution >= 4 is 6.03 Å². The average Bonchev–Trinajstić information content (AvgIpc) is 2.78. The maximum absolute atomic E-state index is 13.9. The first-order chi connectivity index (χ1) is 11.2. The number of urea groups is 1. The van der Waals surface area contributed by atoms with Crippen molar-refractivity contribution in [3.8, 4) is 5.75 Å². The smallest absolute Gasteiger partial charge is 0.317 e. The minimum atomic E-state index is -0.382. The van der Waals surface area contributed by atoms with Gasteiger partial charge in [0.25, 0.3) is 0 Å². The van der Waals surface area contributed by atoms with Gasteiger partial charge in [0, 0.05) is 25.3 Å². The Kier molecular flexibility index (Phi) is 5.00. The summed E-state index contributed by atoms with van der Waals surface area (Å²) in [7, 11) is 0. The quantitative estimate of drug-likeness (QED) is 0.879. The fourth-order valence-corrected chi connectivity index (χ4v) is 3.28. The molecule has 2 heterocycles. The predicted molar refractivity (Wildman–Crippen MR) is 83.8 cm³/mol. The summed E-state index contributed by atoms with van der Waals surface area (Å²) in [6.07, 6.45) is 3.15. The molecule has 0 radical (unpaired) electrons. The van der Waals surface area contributed by atoms with Gasteiger partial charge in [0.2, 0.25) is 0 Å². The van der Waals surface area contributed by atoms with Crippen molar-refractivity contribution in [1.82, 2.24) is 10.2 Å². The van der Waals surface area contributed by atoms with E-state index in [1.165, 1.54) is 6.07 Å². The molecule has 2 aliphatic rings. The molecule has 5 nitrogen and oxygen atoms in total. The number of ether oxygens (including phenoxy) is 1. The van der Waals surface area contributed by atoms with Crippen LogP contribution in [-0.4, -0.2) is 42.3 Å². The topological polar surface area (TPSA) is 61.8 Å². The van der Waals surface area contributed by atoms with E-state index in [9.17, 15) is 14.3 Å². The third-order valence-electron chi connectivity index (χ3n) is 4.71. The summed E-state index contributed by atoms with van der Waals surface area (Å²) < 4.78 is 19.4. The summed E-state index contributed by atoms with van der Waals surface area (Å²) in [4.78, 5) is 14.3. The van der Waals surface area contributed by atoms with Crippen molar-refractivity contribution in [2.45, 2.75) is 31.7 Å². The highest BCUT2D eigenvalue weighted by atomic mass is 19.1. The number of hydrogen-bond acceptors (Lipinski definition) is 3. The van der Waals surface area contributed by atoms with Crippen molar-refractivity contribution in [3.05, 3.63) is 29.6 Å². The van der Waals surface area contributed by atoms with E-state index in [4.69, 9.17) is 4.74 Å². The first kappa shape index (κ1) is 16.1. The summed E-state index contributed by atoms with van der Waals surface area (Å²) in [5.41, 5.74) is 0.709. The number of amides is 2. The third-order valence-corrected chi connectivity index (χ3v) is 4.71. The first-order valence-corrected chi connectivity index (χ1v) is 8.26. The van der Waals surface area contributed by atoms with Gasteiger partial charge in [-0.15, -0.1) is 0 Å². The minimum absolute atomic E-state index is 0.122. The summed E-state index contributed by atoms with van der Waals surface area (Å²) in [6, 6.07) is 4.49. The van der Waals surface area contributed by atoms with Crippen LogP contribution >= 0.6 is 0 Å². The van der Waals surface area contributed by atoms with Gasteiger partial charge in [-0.05, 0) is 37.7 Å². The number of benzene rings is 1. The molecule has 0 aliphatic carbocycles. The maximum atomic E-state index is 13.9. The fraction of sp³-hybridized carbons (Fsp3) is 0.588. The number of hydrogen-bond donors (Lipinski definition) is 2. The van der Waals surface area contributed by atoms with E-state index < -0.39 is 0 Å². The van der Waals surface area contributed by atoms with Gasteiger partial charge in [-0.3, -0.25) is 0 Å². The molecule has 0 saturated carbocycles. The highest BCUT2D eigenvalue weighted by Gasteiger charge is 2.27. The molecule has 1 aromatic carbocycles. The van der Waals surface area contributed by atoms with Crippen LogP contribution in [-0.2, 0) is 0 Å². The van der Waals surface area contributed by atoms with Crippen molar-refractivity contribution < 1.29 is 19.0 Å². The number of likely N-dealkylation sites (tertiary alicyclic amines) is 1. The summed E-state index contributed by atoms with van der Waals surface area (Å²) in [6.45, 7) is 1.94. The molecule has 1 aromatic rings. The van der Waals surface area contributed by atoms with E-state index in [2.05, 4.69) is 5.32 Å². The molecule has 2 aliphatic heterocycles. The Labute approximate surface area is 135 Å². The standard InChI is InChI=1S/C17H23FN2O3/c18-14-4-1-3-13-15(5-2-10-23-16(13)14)19-17(22)20-8-6-12(11-21)7-9-20/h1,3-4,12,15,21H,2,5-11H2,(H,19,22). The van der Waals surface area contributed by atoms with Crippen LogP contribution in [0.1, 0.15) is 37.3 Å². The van der Waals surface area contributed by atoms with E-state index in [-0.39, 0.29) is 30.2 Å². The Morgan fingerprint density at radius 1 is 1.35 bits per heavy atom. The molecule has 0 bridgehead atoms. The number of halogens is 1. The molecule has 1 atom stereocenters. The minimum Gasteiger partial charge on any atom is -0.490 e. The lowest BCUT2D eigenvalue weighted by atomic mass is 9.98. The lowest BCUT2D eigenvalue weighted by Crippen LogP contribution is -2.45. The predicted octanol–water partition coefficient (Wildman–Crippen LogP) is 2.45. The molecule has 0 spiro atoms. The number of para-hydroxylation sites is 1. The Morgan fingerprint density at radius 2 is 2.13 bits per heavy atom. The zero-order valence-electron chi connectivity index (χ0n) is 13.1. The number of aliphatic hydroxyl groups excluding tert-OH is 1. The lowest BCUT2D eigenvalue weighted by Gasteiger charge is -2.32. The van der Waals surface area contributed by atoms with Crippen LogP contribution in [0.25, 0.3) is 0 Å². The van der Waals surface area contributed by atoms with Gasteiger partial charge in [0.15, 0.2) is 11.6 Å². The number of aliphatic hydroxyl groups is 1. The summed E-state index contributed by atoms with van der Waals surface area (Å²) in [5, 5.41) is 12.2. The van der Waals surface area contributed by atoms with Gasteiger partial charge < -0.3 is 20.1 Å². The van der Waals surface area contributed by atoms with Crippen LogP contribution in [0.5, 0.6) is 5.75 Å². The highest BCUT2D eigenvalue weighted by molar-refractivity contribution is 5.75. The van der Waals surface area contributed by atoms with Crippen LogP contribution in [0.4, 0.5) is 9.18 Å². The molecule has 2 amide bonds. The molecular formula is C17H23FN2O3. The Morgan fingerprint density at radius 3 is 2.87 bits per heavy atom. The first-order valence-electron chi connectivity index (χ1n) is 8.26. The second-order valence-corrected chi connectivity index (χ2v) is 6.26. The largest absolute Gasteiger partial charge is 0.490 e. The highest BCUT2D eigenvalue weighted by Crippen LogP contribution is 2.33. The molecule has 126 valence electrons. The van der Waals surface area contributed by atoms with Crippen LogP contribution in [0.15, 0.2) is 18.2 Å². The molecule has 23 heavy (non-hydrogen) atoms. The fourth-order valence-electron chi connectivity index (χ4n) is 3.28. The summed E-state index contributed by atoms with van der Waals surface area (Å²) >= 11 is 0. The van der Waals surface area contributed by atoms with E-state index in [0.717, 1.165) is 25.7 Å². The van der Waals surface area contributed by atoms with Crippen molar-refractivity contribution in [2.24, 2.45) is 5.92 Å². The number of piperidine rings is 1. The van der Waals surface area contributed by atoms with Crippen LogP contribution in [0, 0.1) is 11.7 Å². The molecule has 6 heteroatoms. The number of rotatable bonds is 2. The van der Waals surface area contributed by atoms with Gasteiger partial charge in [0.05, 0.1) is 12.6 Å².